The molecule has 29 heavy (non-hydrogen) atoms. The van der Waals surface area contributed by atoms with Crippen LogP contribution in [0.1, 0.15) is 30.6 Å². The molecule has 0 aliphatic rings. The summed E-state index contributed by atoms with van der Waals surface area (Å²) in [6.45, 7) is 2.15. The molecule has 0 saturated carbocycles. The number of carbonyl (C=O) groups is 2. The molecule has 0 bridgehead atoms. The van der Waals surface area contributed by atoms with E-state index in [1.165, 1.54) is 23.6 Å². The Morgan fingerprint density at radius 2 is 1.97 bits per heavy atom. The van der Waals surface area contributed by atoms with Crippen LogP contribution >= 0.6 is 22.9 Å². The van der Waals surface area contributed by atoms with Gasteiger partial charge in [0.1, 0.15) is 16.5 Å². The smallest absolute Gasteiger partial charge is 0.267 e. The van der Waals surface area contributed by atoms with E-state index < -0.39 is 17.6 Å². The number of halogens is 2. The van der Waals surface area contributed by atoms with Crippen LogP contribution < -0.4 is 10.6 Å². The Balaban J connectivity index is 1.78. The summed E-state index contributed by atoms with van der Waals surface area (Å²) in [6.07, 6.45) is 2.97. The minimum atomic E-state index is -0.824. The van der Waals surface area contributed by atoms with Crippen LogP contribution in [0.25, 0.3) is 0 Å². The average Bonchev–Trinajstić information content (AvgIpc) is 3.12. The second kappa shape index (κ2) is 9.08. The molecule has 3 aromatic rings. The third-order valence-corrected chi connectivity index (χ3v) is 5.00. The number of aromatic nitrogens is 2. The number of benzene rings is 1. The van der Waals surface area contributed by atoms with Crippen molar-refractivity contribution >= 4 is 46.3 Å². The Morgan fingerprint density at radius 3 is 2.59 bits per heavy atom. The minimum absolute atomic E-state index is 0.0318. The topological polar surface area (TPSA) is 93.2 Å². The predicted molar refractivity (Wildman–Crippen MR) is 109 cm³/mol. The Labute approximate surface area is 174 Å². The molecule has 0 aliphatic heterocycles. The molecular formula is C19H16ClFN4O3S. The van der Waals surface area contributed by atoms with Crippen molar-refractivity contribution in [1.82, 2.24) is 9.97 Å². The zero-order valence-corrected chi connectivity index (χ0v) is 17.0. The molecule has 1 aromatic carbocycles. The van der Waals surface area contributed by atoms with Gasteiger partial charge in [-0.15, -0.1) is 11.3 Å². The lowest BCUT2D eigenvalue weighted by molar-refractivity contribution is 0.101. The van der Waals surface area contributed by atoms with Crippen molar-refractivity contribution in [1.29, 1.82) is 0 Å². The van der Waals surface area contributed by atoms with E-state index in [4.69, 9.17) is 16.3 Å². The van der Waals surface area contributed by atoms with E-state index in [1.807, 2.05) is 0 Å². The molecule has 150 valence electrons. The first-order chi connectivity index (χ1) is 13.9. The van der Waals surface area contributed by atoms with Crippen LogP contribution in [-0.2, 0) is 11.3 Å². The number of nitrogens with one attached hydrogen (secondary N) is 2. The number of hydrogen-bond acceptors (Lipinski definition) is 6. The summed E-state index contributed by atoms with van der Waals surface area (Å²) in [4.78, 5) is 33.3. The fourth-order valence-corrected chi connectivity index (χ4v) is 3.27. The number of methoxy groups -OCH3 is 1. The van der Waals surface area contributed by atoms with Crippen molar-refractivity contribution in [3.05, 3.63) is 68.5 Å². The van der Waals surface area contributed by atoms with Crippen LogP contribution in [0.2, 0.25) is 5.02 Å². The summed E-state index contributed by atoms with van der Waals surface area (Å²) < 4.78 is 19.3. The Kier molecular flexibility index (Phi) is 6.53. The van der Waals surface area contributed by atoms with Gasteiger partial charge < -0.3 is 15.4 Å². The number of hydrogen-bond donors (Lipinski definition) is 2. The third-order valence-electron chi connectivity index (χ3n) is 3.77. The van der Waals surface area contributed by atoms with Crippen LogP contribution in [0.5, 0.6) is 0 Å². The number of rotatable bonds is 6. The molecule has 0 unspecified atom stereocenters. The van der Waals surface area contributed by atoms with Crippen LogP contribution in [0.15, 0.2) is 36.7 Å². The number of nitrogens with zero attached hydrogens (tertiary/aromatic N) is 2. The maximum atomic E-state index is 14.3. The first-order valence-electron chi connectivity index (χ1n) is 8.35. The van der Waals surface area contributed by atoms with Crippen molar-refractivity contribution in [3.63, 3.8) is 0 Å². The average molecular weight is 435 g/mol. The highest BCUT2D eigenvalue weighted by molar-refractivity contribution is 7.13. The van der Waals surface area contributed by atoms with Crippen LogP contribution in [0, 0.1) is 12.7 Å². The van der Waals surface area contributed by atoms with Gasteiger partial charge in [0.15, 0.2) is 0 Å². The fraction of sp³-hybridized carbons (Fsp3) is 0.158. The monoisotopic (exact) mass is 434 g/mol. The molecule has 7 nitrogen and oxygen atoms in total. The van der Waals surface area contributed by atoms with E-state index in [2.05, 4.69) is 20.6 Å². The van der Waals surface area contributed by atoms with Crippen molar-refractivity contribution < 1.29 is 18.7 Å². The highest BCUT2D eigenvalue weighted by atomic mass is 35.5. The molecule has 2 N–H and O–H groups in total. The van der Waals surface area contributed by atoms with Gasteiger partial charge in [-0.25, -0.2) is 14.4 Å². The van der Waals surface area contributed by atoms with E-state index in [0.717, 1.165) is 16.6 Å². The molecule has 0 spiro atoms. The SMILES string of the molecule is COCc1ccc(NC(=O)c2cc(NC(=O)c3cnc(C)s3)c(Cl)cc2F)nc1. The highest BCUT2D eigenvalue weighted by Gasteiger charge is 2.18. The van der Waals surface area contributed by atoms with Crippen molar-refractivity contribution in [2.75, 3.05) is 17.7 Å². The maximum absolute atomic E-state index is 14.3. The predicted octanol–water partition coefficient (Wildman–Crippen LogP) is 4.29. The molecule has 0 aliphatic carbocycles. The van der Waals surface area contributed by atoms with Gasteiger partial charge in [-0.2, -0.15) is 0 Å². The summed E-state index contributed by atoms with van der Waals surface area (Å²) in [6, 6.07) is 5.46. The molecule has 0 radical (unpaired) electrons. The number of amides is 2. The molecule has 2 heterocycles. The minimum Gasteiger partial charge on any atom is -0.380 e. The van der Waals surface area contributed by atoms with Crippen molar-refractivity contribution in [3.8, 4) is 0 Å². The van der Waals surface area contributed by atoms with Crippen LogP contribution in [0.4, 0.5) is 15.9 Å². The molecule has 2 aromatic heterocycles. The highest BCUT2D eigenvalue weighted by Crippen LogP contribution is 2.27. The van der Waals surface area contributed by atoms with Gasteiger partial charge in [0.25, 0.3) is 11.8 Å². The maximum Gasteiger partial charge on any atom is 0.267 e. The lowest BCUT2D eigenvalue weighted by Gasteiger charge is -2.11. The number of pyridine rings is 1. The number of carbonyl (C=O) groups excluding carboxylic acids is 2. The molecule has 0 fully saturated rings. The first-order valence-corrected chi connectivity index (χ1v) is 9.55. The Hall–Kier alpha value is -2.88. The normalized spacial score (nSPS) is 10.6. The summed E-state index contributed by atoms with van der Waals surface area (Å²) in [5.74, 6) is -1.76. The van der Waals surface area contributed by atoms with E-state index in [0.29, 0.717) is 11.5 Å². The zero-order valence-electron chi connectivity index (χ0n) is 15.5. The van der Waals surface area contributed by atoms with Crippen molar-refractivity contribution in [2.45, 2.75) is 13.5 Å². The van der Waals surface area contributed by atoms with E-state index in [9.17, 15) is 14.0 Å². The second-order valence-electron chi connectivity index (χ2n) is 5.95. The quantitative estimate of drug-likeness (QED) is 0.603. The second-order valence-corrected chi connectivity index (χ2v) is 7.59. The number of aryl methyl sites for hydroxylation is 1. The number of ether oxygens (including phenoxy) is 1. The summed E-state index contributed by atoms with van der Waals surface area (Å²) in [5, 5.41) is 5.77. The van der Waals surface area contributed by atoms with Gasteiger partial charge in [0.2, 0.25) is 0 Å². The van der Waals surface area contributed by atoms with Gasteiger partial charge in [-0.3, -0.25) is 9.59 Å². The van der Waals surface area contributed by atoms with Gasteiger partial charge in [0, 0.05) is 13.3 Å². The van der Waals surface area contributed by atoms with Gasteiger partial charge in [0.05, 0.1) is 34.1 Å². The molecular weight excluding hydrogens is 419 g/mol. The molecule has 0 saturated heterocycles. The Bertz CT molecular complexity index is 1060. The fourth-order valence-electron chi connectivity index (χ4n) is 2.40. The lowest BCUT2D eigenvalue weighted by atomic mass is 10.1. The standard InChI is InChI=1S/C19H16ClFN4O3S/c1-10-22-8-16(29-10)19(27)24-15-5-12(14(21)6-13(15)20)18(26)25-17-4-3-11(7-23-17)9-28-2/h3-8H,9H2,1-2H3,(H,24,27)(H,23,25,26). The van der Waals surface area contributed by atoms with Crippen LogP contribution in [-0.4, -0.2) is 28.9 Å². The van der Waals surface area contributed by atoms with Gasteiger partial charge in [-0.05, 0) is 30.7 Å². The number of thiazole rings is 1. The summed E-state index contributed by atoms with van der Waals surface area (Å²) in [7, 11) is 1.56. The van der Waals surface area contributed by atoms with Gasteiger partial charge in [-0.1, -0.05) is 17.7 Å². The lowest BCUT2D eigenvalue weighted by Crippen LogP contribution is -2.17. The molecule has 2 amide bonds. The molecule has 0 atom stereocenters. The number of anilines is 2. The zero-order chi connectivity index (χ0) is 21.0. The van der Waals surface area contributed by atoms with E-state index >= 15 is 0 Å². The van der Waals surface area contributed by atoms with Crippen molar-refractivity contribution in [2.24, 2.45) is 0 Å². The Morgan fingerprint density at radius 1 is 1.17 bits per heavy atom. The van der Waals surface area contributed by atoms with Gasteiger partial charge >= 0.3 is 0 Å². The molecule has 3 rings (SSSR count). The van der Waals surface area contributed by atoms with E-state index in [-0.39, 0.29) is 22.1 Å². The third kappa shape index (κ3) is 5.14. The summed E-state index contributed by atoms with van der Waals surface area (Å²) in [5.41, 5.74) is 0.650. The first kappa shape index (κ1) is 20.8. The molecule has 10 heteroatoms. The summed E-state index contributed by atoms with van der Waals surface area (Å²) >= 11 is 7.23. The van der Waals surface area contributed by atoms with E-state index in [1.54, 1.807) is 32.4 Å². The van der Waals surface area contributed by atoms with Crippen LogP contribution in [0.3, 0.4) is 0 Å². The largest absolute Gasteiger partial charge is 0.380 e.